The van der Waals surface area contributed by atoms with Crippen molar-refractivity contribution >= 4 is 29.3 Å². The maximum atomic E-state index is 14.1. The Bertz CT molecular complexity index is 3770. The Morgan fingerprint density at radius 1 is 0.420 bits per heavy atom. The lowest BCUT2D eigenvalue weighted by atomic mass is 9.76. The van der Waals surface area contributed by atoms with Gasteiger partial charge in [0.15, 0.2) is 0 Å². The average molecular weight is 1080 g/mol. The van der Waals surface area contributed by atoms with Crippen molar-refractivity contribution in [3.63, 3.8) is 0 Å². The van der Waals surface area contributed by atoms with Gasteiger partial charge < -0.3 is 18.9 Å². The van der Waals surface area contributed by atoms with Crippen molar-refractivity contribution in [2.24, 2.45) is 0 Å². The van der Waals surface area contributed by atoms with E-state index in [4.69, 9.17) is 18.9 Å². The van der Waals surface area contributed by atoms with Crippen molar-refractivity contribution in [1.29, 1.82) is 0 Å². The third-order valence-electron chi connectivity index (χ3n) is 15.8. The lowest BCUT2D eigenvalue weighted by molar-refractivity contribution is 0.0692. The Morgan fingerprint density at radius 3 is 1.23 bits per heavy atom. The largest absolute Gasteiger partial charge is 0.457 e. The minimum absolute atomic E-state index is 0.143. The Hall–Kier alpha value is -8.76. The maximum Gasteiger partial charge on any atom is 0.266 e. The smallest absolute Gasteiger partial charge is 0.266 e. The summed E-state index contributed by atoms with van der Waals surface area (Å²) in [6.07, 6.45) is 1.98. The summed E-state index contributed by atoms with van der Waals surface area (Å²) in [5.41, 5.74) is 11.3. The highest BCUT2D eigenvalue weighted by Gasteiger charge is 2.38. The molecular formula is C71H70N2O8. The van der Waals surface area contributed by atoms with Gasteiger partial charge in [0.2, 0.25) is 0 Å². The molecule has 0 saturated carbocycles. The summed E-state index contributed by atoms with van der Waals surface area (Å²) in [7, 11) is 1.47. The van der Waals surface area contributed by atoms with E-state index in [-0.39, 0.29) is 39.5 Å². The SMILES string of the molecule is CCCC(c1cc(C(C)(C)C)c(Oc2ccc(C)cc2)cc1C)c1cc(C(C)(C)C)c(Oc2ccc(N3C(=O)c4ccc(Oc5ccc(C(C)(C)c6ccc(Oc7ccc8c(c7)C(=O)N(C)C8=O)cc6)cc5)cc4C3=O)cc2)cc1C. The van der Waals surface area contributed by atoms with Crippen molar-refractivity contribution in [1.82, 2.24) is 4.90 Å². The van der Waals surface area contributed by atoms with Gasteiger partial charge in [-0.1, -0.05) is 123 Å². The molecule has 1 atom stereocenters. The number of carbonyl (C=O) groups excluding carboxylic acids is 4. The van der Waals surface area contributed by atoms with Gasteiger partial charge in [0.05, 0.1) is 27.9 Å². The van der Waals surface area contributed by atoms with Crippen LogP contribution in [-0.2, 0) is 16.2 Å². The predicted octanol–water partition coefficient (Wildman–Crippen LogP) is 17.7. The molecule has 10 heteroatoms. The zero-order valence-corrected chi connectivity index (χ0v) is 48.7. The van der Waals surface area contributed by atoms with Gasteiger partial charge in [0.1, 0.15) is 46.0 Å². The molecule has 81 heavy (non-hydrogen) atoms. The van der Waals surface area contributed by atoms with Gasteiger partial charge in [-0.3, -0.25) is 24.1 Å². The summed E-state index contributed by atoms with van der Waals surface area (Å²) in [4.78, 5) is 55.1. The molecule has 0 fully saturated rings. The first-order valence-electron chi connectivity index (χ1n) is 27.8. The molecule has 412 valence electrons. The van der Waals surface area contributed by atoms with E-state index >= 15 is 0 Å². The number of fused-ring (bicyclic) bond motifs is 2. The van der Waals surface area contributed by atoms with Crippen LogP contribution < -0.4 is 23.8 Å². The molecule has 0 spiro atoms. The molecule has 0 N–H and O–H groups in total. The molecule has 10 nitrogen and oxygen atoms in total. The zero-order valence-electron chi connectivity index (χ0n) is 48.7. The maximum absolute atomic E-state index is 14.1. The third-order valence-corrected chi connectivity index (χ3v) is 15.8. The number of hydrogen-bond acceptors (Lipinski definition) is 8. The fourth-order valence-corrected chi connectivity index (χ4v) is 11.0. The van der Waals surface area contributed by atoms with E-state index in [1.807, 2.05) is 60.7 Å². The van der Waals surface area contributed by atoms with Crippen molar-refractivity contribution in [2.45, 2.75) is 118 Å². The lowest BCUT2D eigenvalue weighted by Gasteiger charge is -2.30. The second-order valence-corrected chi connectivity index (χ2v) is 24.2. The molecular weight excluding hydrogens is 1010 g/mol. The minimum atomic E-state index is -0.435. The molecule has 0 radical (unpaired) electrons. The van der Waals surface area contributed by atoms with E-state index in [0.29, 0.717) is 51.1 Å². The molecule has 8 aromatic carbocycles. The summed E-state index contributed by atoms with van der Waals surface area (Å²) in [5, 5.41) is 0. The molecule has 2 heterocycles. The highest BCUT2D eigenvalue weighted by Crippen LogP contribution is 2.46. The standard InChI is InChI=1S/C71H70N2O8/c1-14-15-54(57-40-61(69(5,6)7)63(36-43(57)3)80-50-24-16-42(2)17-25-50)58-41-62(70(8,9)10)64(37-44(58)4)81-51-30-22-47(23-31-51)73-67(76)56-35-33-53(39-60(56)68(73)77)79-49-28-20-46(21-29-49)71(11,12)45-18-26-48(27-19-45)78-52-32-34-55-59(38-52)66(75)72(13)65(55)74/h16-41,54H,14-15H2,1-13H3. The molecule has 0 aliphatic carbocycles. The number of ether oxygens (including phenoxy) is 4. The Balaban J connectivity index is 0.817. The molecule has 1 unspecified atom stereocenters. The minimum Gasteiger partial charge on any atom is -0.457 e. The number of aryl methyl sites for hydroxylation is 3. The molecule has 8 aromatic rings. The monoisotopic (exact) mass is 1080 g/mol. The van der Waals surface area contributed by atoms with E-state index in [9.17, 15) is 19.2 Å². The van der Waals surface area contributed by atoms with Crippen LogP contribution in [0.5, 0.6) is 46.0 Å². The summed E-state index contributed by atoms with van der Waals surface area (Å²) in [5.74, 6) is 3.74. The zero-order chi connectivity index (χ0) is 57.9. The van der Waals surface area contributed by atoms with Crippen LogP contribution in [0.3, 0.4) is 0 Å². The molecule has 0 bridgehead atoms. The van der Waals surface area contributed by atoms with Crippen LogP contribution in [0.1, 0.15) is 173 Å². The fraction of sp³-hybridized carbons (Fsp3) is 0.268. The van der Waals surface area contributed by atoms with Crippen molar-refractivity contribution in [3.05, 3.63) is 230 Å². The molecule has 4 amide bonds. The van der Waals surface area contributed by atoms with Gasteiger partial charge >= 0.3 is 0 Å². The van der Waals surface area contributed by atoms with Crippen LogP contribution in [0.25, 0.3) is 0 Å². The van der Waals surface area contributed by atoms with Gasteiger partial charge in [-0.25, -0.2) is 4.90 Å². The van der Waals surface area contributed by atoms with Gasteiger partial charge in [0.25, 0.3) is 23.6 Å². The van der Waals surface area contributed by atoms with Crippen LogP contribution in [-0.4, -0.2) is 35.6 Å². The van der Waals surface area contributed by atoms with E-state index in [2.05, 4.69) is 119 Å². The first-order chi connectivity index (χ1) is 38.4. The van der Waals surface area contributed by atoms with Crippen molar-refractivity contribution in [2.75, 3.05) is 11.9 Å². The number of nitrogens with zero attached hydrogens (tertiary/aromatic N) is 2. The highest BCUT2D eigenvalue weighted by atomic mass is 16.5. The lowest BCUT2D eigenvalue weighted by Crippen LogP contribution is -2.29. The van der Waals surface area contributed by atoms with Crippen molar-refractivity contribution < 1.29 is 38.1 Å². The van der Waals surface area contributed by atoms with E-state index in [0.717, 1.165) is 57.2 Å². The van der Waals surface area contributed by atoms with Gasteiger partial charge in [0, 0.05) is 29.5 Å². The van der Waals surface area contributed by atoms with Gasteiger partial charge in [-0.05, 0) is 181 Å². The molecule has 2 aliphatic heterocycles. The highest BCUT2D eigenvalue weighted by molar-refractivity contribution is 6.34. The molecule has 0 aromatic heterocycles. The normalized spacial score (nSPS) is 13.8. The van der Waals surface area contributed by atoms with Crippen molar-refractivity contribution in [3.8, 4) is 46.0 Å². The van der Waals surface area contributed by atoms with Crippen LogP contribution >= 0.6 is 0 Å². The second-order valence-electron chi connectivity index (χ2n) is 24.2. The summed E-state index contributed by atoms with van der Waals surface area (Å²) in [6.45, 7) is 26.3. The Labute approximate surface area is 476 Å². The van der Waals surface area contributed by atoms with Crippen LogP contribution in [0.15, 0.2) is 158 Å². The molecule has 10 rings (SSSR count). The molecule has 0 saturated heterocycles. The number of benzene rings is 8. The Morgan fingerprint density at radius 2 is 0.790 bits per heavy atom. The summed E-state index contributed by atoms with van der Waals surface area (Å²) in [6, 6.07) is 49.9. The number of rotatable bonds is 15. The quantitative estimate of drug-likeness (QED) is 0.0933. The van der Waals surface area contributed by atoms with E-state index < -0.39 is 11.8 Å². The predicted molar refractivity (Wildman–Crippen MR) is 320 cm³/mol. The third kappa shape index (κ3) is 11.0. The topological polar surface area (TPSA) is 112 Å². The number of amides is 4. The van der Waals surface area contributed by atoms with Crippen LogP contribution in [0.4, 0.5) is 5.69 Å². The fourth-order valence-electron chi connectivity index (χ4n) is 11.0. The molecule has 2 aliphatic rings. The van der Waals surface area contributed by atoms with E-state index in [1.54, 1.807) is 60.7 Å². The van der Waals surface area contributed by atoms with Crippen LogP contribution in [0.2, 0.25) is 0 Å². The van der Waals surface area contributed by atoms with E-state index in [1.165, 1.54) is 39.8 Å². The number of hydrogen-bond donors (Lipinski definition) is 0. The number of carbonyl (C=O) groups is 4. The average Bonchev–Trinajstić information content (AvgIpc) is 3.91. The second kappa shape index (κ2) is 21.4. The summed E-state index contributed by atoms with van der Waals surface area (Å²) < 4.78 is 25.7. The first-order valence-corrected chi connectivity index (χ1v) is 27.8. The summed E-state index contributed by atoms with van der Waals surface area (Å²) >= 11 is 0. The van der Waals surface area contributed by atoms with Gasteiger partial charge in [-0.15, -0.1) is 0 Å². The Kier molecular flexibility index (Phi) is 14.7. The first kappa shape index (κ1) is 55.6. The van der Waals surface area contributed by atoms with Crippen LogP contribution in [0, 0.1) is 20.8 Å². The number of imide groups is 2. The van der Waals surface area contributed by atoms with Gasteiger partial charge in [-0.2, -0.15) is 0 Å². The number of anilines is 1.